The molecule has 0 saturated carbocycles. The predicted molar refractivity (Wildman–Crippen MR) is 120 cm³/mol. The summed E-state index contributed by atoms with van der Waals surface area (Å²) in [6.07, 6.45) is 0.706. The van der Waals surface area contributed by atoms with Crippen molar-refractivity contribution < 1.29 is 27.8 Å². The molecule has 33 heavy (non-hydrogen) atoms. The first-order valence-electron chi connectivity index (χ1n) is 9.64. The Balaban J connectivity index is 1.67. The van der Waals surface area contributed by atoms with Gasteiger partial charge in [0.2, 0.25) is 0 Å². The molecule has 0 spiro atoms. The average molecular weight is 511 g/mol. The Morgan fingerprint density at radius 1 is 0.818 bits per heavy atom. The number of fused-ring (bicyclic) bond motifs is 1. The first kappa shape index (κ1) is 23.3. The van der Waals surface area contributed by atoms with E-state index in [1.54, 1.807) is 10.8 Å². The zero-order valence-electron chi connectivity index (χ0n) is 17.4. The maximum absolute atomic E-state index is 15.3. The van der Waals surface area contributed by atoms with Gasteiger partial charge in [0.05, 0.1) is 47.5 Å². The number of esters is 2. The van der Waals surface area contributed by atoms with Crippen molar-refractivity contribution in [3.63, 3.8) is 0 Å². The van der Waals surface area contributed by atoms with Crippen molar-refractivity contribution in [1.29, 1.82) is 0 Å². The SMILES string of the molecule is CC(=O)OCCc1csc(-c2c(F)c(F)c(-c3nc(CCOC(C)=O)cs3)c3nsnc23)n1. The highest BCUT2D eigenvalue weighted by atomic mass is 32.1. The van der Waals surface area contributed by atoms with E-state index in [0.717, 1.165) is 34.4 Å². The Kier molecular flexibility index (Phi) is 7.00. The van der Waals surface area contributed by atoms with Crippen LogP contribution in [0.25, 0.3) is 32.2 Å². The lowest BCUT2D eigenvalue weighted by Gasteiger charge is -2.07. The average Bonchev–Trinajstić information content (AvgIpc) is 3.50. The van der Waals surface area contributed by atoms with E-state index in [-0.39, 0.29) is 45.4 Å². The van der Waals surface area contributed by atoms with Crippen LogP contribution in [0.15, 0.2) is 10.8 Å². The normalized spacial score (nSPS) is 11.2. The number of ether oxygens (including phenoxy) is 2. The first-order valence-corrected chi connectivity index (χ1v) is 12.1. The molecule has 172 valence electrons. The van der Waals surface area contributed by atoms with Crippen LogP contribution in [0.2, 0.25) is 0 Å². The minimum Gasteiger partial charge on any atom is -0.465 e. The molecule has 0 amide bonds. The van der Waals surface area contributed by atoms with Gasteiger partial charge >= 0.3 is 11.9 Å². The molecule has 0 unspecified atom stereocenters. The fraction of sp³-hybridized carbons (Fsp3) is 0.300. The quantitative estimate of drug-likeness (QED) is 0.321. The number of aromatic nitrogens is 4. The Labute approximate surface area is 198 Å². The van der Waals surface area contributed by atoms with Crippen LogP contribution in [-0.4, -0.2) is 43.9 Å². The molecule has 4 aromatic rings. The van der Waals surface area contributed by atoms with Gasteiger partial charge in [-0.25, -0.2) is 18.7 Å². The third kappa shape index (κ3) is 5.04. The zero-order valence-corrected chi connectivity index (χ0v) is 19.8. The lowest BCUT2D eigenvalue weighted by molar-refractivity contribution is -0.141. The molecule has 13 heteroatoms. The Hall–Kier alpha value is -2.90. The second kappa shape index (κ2) is 9.93. The highest BCUT2D eigenvalue weighted by Crippen LogP contribution is 2.41. The largest absolute Gasteiger partial charge is 0.465 e. The summed E-state index contributed by atoms with van der Waals surface area (Å²) >= 11 is 3.13. The Bertz CT molecular complexity index is 1240. The number of thiazole rings is 2. The molecule has 0 aliphatic heterocycles. The molecule has 0 aliphatic rings. The number of nitrogens with zero attached hydrogens (tertiary/aromatic N) is 4. The summed E-state index contributed by atoms with van der Waals surface area (Å²) in [6, 6.07) is 0. The Morgan fingerprint density at radius 2 is 1.24 bits per heavy atom. The van der Waals surface area contributed by atoms with Crippen molar-refractivity contribution in [2.45, 2.75) is 26.7 Å². The molecule has 4 rings (SSSR count). The van der Waals surface area contributed by atoms with Gasteiger partial charge in [0.1, 0.15) is 21.0 Å². The third-order valence-corrected chi connectivity index (χ3v) is 6.80. The van der Waals surface area contributed by atoms with Crippen molar-refractivity contribution in [1.82, 2.24) is 18.7 Å². The van der Waals surface area contributed by atoms with Crippen LogP contribution in [0.1, 0.15) is 25.2 Å². The first-order chi connectivity index (χ1) is 15.8. The molecular formula is C20H16F2N4O4S3. The van der Waals surface area contributed by atoms with E-state index in [0.29, 0.717) is 24.2 Å². The van der Waals surface area contributed by atoms with Crippen molar-refractivity contribution in [2.75, 3.05) is 13.2 Å². The second-order valence-electron chi connectivity index (χ2n) is 6.81. The lowest BCUT2D eigenvalue weighted by atomic mass is 10.1. The highest BCUT2D eigenvalue weighted by Gasteiger charge is 2.28. The van der Waals surface area contributed by atoms with Crippen molar-refractivity contribution in [2.24, 2.45) is 0 Å². The van der Waals surface area contributed by atoms with E-state index in [4.69, 9.17) is 9.47 Å². The minimum atomic E-state index is -1.08. The van der Waals surface area contributed by atoms with Crippen LogP contribution in [0, 0.1) is 11.6 Å². The number of hydrogen-bond donors (Lipinski definition) is 0. The number of hydrogen-bond acceptors (Lipinski definition) is 11. The molecule has 0 fully saturated rings. The second-order valence-corrected chi connectivity index (χ2v) is 9.05. The van der Waals surface area contributed by atoms with Crippen LogP contribution < -0.4 is 0 Å². The topological polar surface area (TPSA) is 104 Å². The van der Waals surface area contributed by atoms with Crippen molar-refractivity contribution in [3.05, 3.63) is 33.8 Å². The molecule has 0 saturated heterocycles. The highest BCUT2D eigenvalue weighted by molar-refractivity contribution is 7.13. The van der Waals surface area contributed by atoms with Gasteiger partial charge in [-0.2, -0.15) is 8.75 Å². The maximum Gasteiger partial charge on any atom is 0.302 e. The fourth-order valence-electron chi connectivity index (χ4n) is 3.01. The number of carbonyl (C=O) groups excluding carboxylic acids is 2. The minimum absolute atomic E-state index is 0.0598. The van der Waals surface area contributed by atoms with Gasteiger partial charge in [0.15, 0.2) is 11.6 Å². The van der Waals surface area contributed by atoms with Gasteiger partial charge in [-0.05, 0) is 0 Å². The van der Waals surface area contributed by atoms with Crippen LogP contribution in [0.3, 0.4) is 0 Å². The molecule has 8 nitrogen and oxygen atoms in total. The van der Waals surface area contributed by atoms with Crippen molar-refractivity contribution in [3.8, 4) is 21.1 Å². The molecule has 0 aliphatic carbocycles. The number of carbonyl (C=O) groups is 2. The predicted octanol–water partition coefficient (Wildman–Crippen LogP) is 4.43. The van der Waals surface area contributed by atoms with Gasteiger partial charge in [-0.1, -0.05) is 0 Å². The number of benzene rings is 1. The maximum atomic E-state index is 15.3. The number of rotatable bonds is 8. The van der Waals surface area contributed by atoms with E-state index in [1.165, 1.54) is 13.8 Å². The monoisotopic (exact) mass is 510 g/mol. The van der Waals surface area contributed by atoms with E-state index < -0.39 is 23.6 Å². The summed E-state index contributed by atoms with van der Waals surface area (Å²) in [5.74, 6) is -2.97. The summed E-state index contributed by atoms with van der Waals surface area (Å²) in [5, 5.41) is 3.92. The molecular weight excluding hydrogens is 494 g/mol. The van der Waals surface area contributed by atoms with Gasteiger partial charge in [0, 0.05) is 37.4 Å². The fourth-order valence-corrected chi connectivity index (χ4v) is 5.35. The summed E-state index contributed by atoms with van der Waals surface area (Å²) in [6.45, 7) is 2.91. The van der Waals surface area contributed by atoms with Crippen LogP contribution >= 0.6 is 34.4 Å². The van der Waals surface area contributed by atoms with E-state index >= 15 is 8.78 Å². The van der Waals surface area contributed by atoms with E-state index in [1.807, 2.05) is 0 Å². The van der Waals surface area contributed by atoms with Gasteiger partial charge in [-0.3, -0.25) is 9.59 Å². The number of halogens is 2. The lowest BCUT2D eigenvalue weighted by Crippen LogP contribution is -2.03. The van der Waals surface area contributed by atoms with E-state index in [2.05, 4.69) is 18.7 Å². The molecule has 0 radical (unpaired) electrons. The Morgan fingerprint density at radius 3 is 1.64 bits per heavy atom. The zero-order chi connectivity index (χ0) is 23.5. The summed E-state index contributed by atoms with van der Waals surface area (Å²) in [4.78, 5) is 30.6. The van der Waals surface area contributed by atoms with E-state index in [9.17, 15) is 9.59 Å². The van der Waals surface area contributed by atoms with Gasteiger partial charge in [0.25, 0.3) is 0 Å². The molecule has 1 aromatic carbocycles. The summed E-state index contributed by atoms with van der Waals surface area (Å²) in [5.41, 5.74) is 1.46. The smallest absolute Gasteiger partial charge is 0.302 e. The van der Waals surface area contributed by atoms with Crippen LogP contribution in [-0.2, 0) is 31.9 Å². The molecule has 0 N–H and O–H groups in total. The van der Waals surface area contributed by atoms with Gasteiger partial charge in [-0.15, -0.1) is 22.7 Å². The van der Waals surface area contributed by atoms with Gasteiger partial charge < -0.3 is 9.47 Å². The van der Waals surface area contributed by atoms with Crippen molar-refractivity contribution >= 4 is 57.4 Å². The molecule has 3 heterocycles. The van der Waals surface area contributed by atoms with Crippen LogP contribution in [0.5, 0.6) is 0 Å². The summed E-state index contributed by atoms with van der Waals surface area (Å²) < 4.78 is 48.8. The summed E-state index contributed by atoms with van der Waals surface area (Å²) in [7, 11) is 0. The standard InChI is InChI=1S/C20H16F2N4O4S3/c1-9(27)29-5-3-11-7-31-19(23-11)13-15(21)16(22)14(18-17(13)25-33-26-18)20-24-12(8-32-20)4-6-30-10(2)28/h7-8H,3-6H2,1-2H3. The molecule has 3 aromatic heterocycles. The molecule has 0 atom stereocenters. The molecule has 0 bridgehead atoms. The van der Waals surface area contributed by atoms with Crippen LogP contribution in [0.4, 0.5) is 8.78 Å². The third-order valence-electron chi connectivity index (χ3n) is 4.45.